The van der Waals surface area contributed by atoms with Crippen molar-refractivity contribution in [3.8, 4) is 0 Å². The molecule has 6 nitrogen and oxygen atoms in total. The number of hydrogen-bond acceptors (Lipinski definition) is 4. The van der Waals surface area contributed by atoms with E-state index in [0.717, 1.165) is 27.9 Å². The van der Waals surface area contributed by atoms with Crippen molar-refractivity contribution >= 4 is 51.6 Å². The van der Waals surface area contributed by atoms with E-state index in [0.29, 0.717) is 11.0 Å². The fraction of sp³-hybridized carbons (Fsp3) is 0.0455. The Hall–Kier alpha value is -3.35. The Morgan fingerprint density at radius 2 is 1.80 bits per heavy atom. The molecule has 8 heteroatoms. The summed E-state index contributed by atoms with van der Waals surface area (Å²) in [5.74, 6) is 0.659. The van der Waals surface area contributed by atoms with Gasteiger partial charge in [0.15, 0.2) is 0 Å². The van der Waals surface area contributed by atoms with Gasteiger partial charge in [-0.15, -0.1) is 0 Å². The first kappa shape index (κ1) is 18.7. The van der Waals surface area contributed by atoms with Crippen LogP contribution in [0.25, 0.3) is 16.7 Å². The van der Waals surface area contributed by atoms with Crippen LogP contribution in [-0.4, -0.2) is 14.5 Å². The first-order valence-electron chi connectivity index (χ1n) is 9.17. The molecule has 0 spiro atoms. The van der Waals surface area contributed by atoms with E-state index in [4.69, 9.17) is 28.2 Å². The Morgan fingerprint density at radius 3 is 2.57 bits per heavy atom. The molecule has 1 N–H and O–H groups in total. The van der Waals surface area contributed by atoms with Gasteiger partial charge in [-0.1, -0.05) is 53.5 Å². The van der Waals surface area contributed by atoms with Gasteiger partial charge in [0.1, 0.15) is 5.02 Å². The molecule has 1 aromatic heterocycles. The van der Waals surface area contributed by atoms with E-state index in [9.17, 15) is 10.1 Å². The van der Waals surface area contributed by atoms with E-state index in [1.807, 2.05) is 59.2 Å². The highest BCUT2D eigenvalue weighted by Crippen LogP contribution is 2.38. The molecule has 0 saturated carbocycles. The zero-order valence-electron chi connectivity index (χ0n) is 15.4. The average Bonchev–Trinajstić information content (AvgIpc) is 3.12. The highest BCUT2D eigenvalue weighted by atomic mass is 35.5. The molecule has 0 amide bonds. The quantitative estimate of drug-likeness (QED) is 0.301. The lowest BCUT2D eigenvalue weighted by Gasteiger charge is -2.26. The number of nitro groups is 1. The highest BCUT2D eigenvalue weighted by molar-refractivity contribution is 6.32. The fourth-order valence-corrected chi connectivity index (χ4v) is 4.02. The number of para-hydroxylation sites is 2. The average molecular weight is 437 g/mol. The molecule has 5 rings (SSSR count). The number of nitrogens with one attached hydrogen (secondary N) is 1. The second-order valence-electron chi connectivity index (χ2n) is 6.92. The predicted molar refractivity (Wildman–Crippen MR) is 119 cm³/mol. The standard InChI is InChI=1S/C22H14Cl2N4O2/c23-15-8-5-13(6-9-15)18-12-20(14-7-10-16(24)21(11-14)28(29)30)27-19-4-2-1-3-17(19)25-22(27)26-18/h1-12,20H,(H,25,26). The van der Waals surface area contributed by atoms with Crippen molar-refractivity contribution in [3.63, 3.8) is 0 Å². The molecule has 0 fully saturated rings. The fourth-order valence-electron chi connectivity index (χ4n) is 3.71. The van der Waals surface area contributed by atoms with Gasteiger partial charge in [0.05, 0.1) is 22.0 Å². The number of anilines is 1. The number of hydrogen-bond donors (Lipinski definition) is 1. The predicted octanol–water partition coefficient (Wildman–Crippen LogP) is 6.31. The molecule has 0 aliphatic carbocycles. The molecule has 1 unspecified atom stereocenters. The topological polar surface area (TPSA) is 73.0 Å². The molecule has 0 saturated heterocycles. The smallest absolute Gasteiger partial charge is 0.288 e. The minimum absolute atomic E-state index is 0.107. The van der Waals surface area contributed by atoms with Crippen molar-refractivity contribution in [1.82, 2.24) is 9.55 Å². The van der Waals surface area contributed by atoms with Gasteiger partial charge in [0.2, 0.25) is 5.95 Å². The summed E-state index contributed by atoms with van der Waals surface area (Å²) in [7, 11) is 0. The summed E-state index contributed by atoms with van der Waals surface area (Å²) in [6, 6.07) is 19.8. The second-order valence-corrected chi connectivity index (χ2v) is 7.76. The molecule has 2 heterocycles. The minimum atomic E-state index is -0.469. The van der Waals surface area contributed by atoms with Crippen LogP contribution in [0.4, 0.5) is 11.6 Å². The monoisotopic (exact) mass is 436 g/mol. The lowest BCUT2D eigenvalue weighted by Crippen LogP contribution is -2.19. The number of halogens is 2. The Kier molecular flexibility index (Phi) is 4.46. The Morgan fingerprint density at radius 1 is 1.03 bits per heavy atom. The van der Waals surface area contributed by atoms with Crippen LogP contribution in [0.15, 0.2) is 72.8 Å². The number of imidazole rings is 1. The summed E-state index contributed by atoms with van der Waals surface area (Å²) in [6.07, 6.45) is 2.03. The summed E-state index contributed by atoms with van der Waals surface area (Å²) >= 11 is 12.1. The Balaban J connectivity index is 1.73. The maximum Gasteiger partial charge on any atom is 0.288 e. The third-order valence-corrected chi connectivity index (χ3v) is 5.68. The van der Waals surface area contributed by atoms with E-state index in [1.165, 1.54) is 6.07 Å². The maximum absolute atomic E-state index is 11.4. The van der Waals surface area contributed by atoms with Crippen LogP contribution in [0.2, 0.25) is 10.0 Å². The Labute approximate surface area is 181 Å². The number of aromatic nitrogens is 2. The molecule has 1 aliphatic heterocycles. The number of rotatable bonds is 3. The summed E-state index contributed by atoms with van der Waals surface area (Å²) in [5, 5.41) is 15.6. The van der Waals surface area contributed by atoms with Gasteiger partial charge in [-0.3, -0.25) is 14.7 Å². The number of nitrogens with zero attached hydrogens (tertiary/aromatic N) is 3. The van der Waals surface area contributed by atoms with Crippen LogP contribution in [0.1, 0.15) is 17.2 Å². The largest absolute Gasteiger partial charge is 0.325 e. The molecule has 1 atom stereocenters. The van der Waals surface area contributed by atoms with Crippen LogP contribution >= 0.6 is 23.2 Å². The van der Waals surface area contributed by atoms with Crippen molar-refractivity contribution < 1.29 is 4.92 Å². The number of allylic oxidation sites excluding steroid dienone is 1. The second kappa shape index (κ2) is 7.16. The molecule has 4 aromatic rings. The summed E-state index contributed by atoms with van der Waals surface area (Å²) < 4.78 is 2.03. The third-order valence-electron chi connectivity index (χ3n) is 5.11. The van der Waals surface area contributed by atoms with Crippen molar-refractivity contribution in [2.75, 3.05) is 5.32 Å². The molecular weight excluding hydrogens is 423 g/mol. The van der Waals surface area contributed by atoms with Crippen molar-refractivity contribution in [1.29, 1.82) is 0 Å². The molecule has 0 radical (unpaired) electrons. The first-order valence-corrected chi connectivity index (χ1v) is 9.92. The lowest BCUT2D eigenvalue weighted by atomic mass is 10.0. The van der Waals surface area contributed by atoms with Gasteiger partial charge in [0, 0.05) is 16.8 Å². The van der Waals surface area contributed by atoms with Crippen molar-refractivity contribution in [3.05, 3.63) is 104 Å². The van der Waals surface area contributed by atoms with Gasteiger partial charge in [-0.05, 0) is 47.5 Å². The molecule has 0 bridgehead atoms. The SMILES string of the molecule is O=[N+]([O-])c1cc(C2C=C(c3ccc(Cl)cc3)Nc3nc4ccccc4n32)ccc1Cl. The number of fused-ring (bicyclic) bond motifs is 3. The third kappa shape index (κ3) is 3.10. The number of benzene rings is 3. The molecule has 3 aromatic carbocycles. The van der Waals surface area contributed by atoms with Crippen LogP contribution < -0.4 is 5.32 Å². The van der Waals surface area contributed by atoms with E-state index < -0.39 is 4.92 Å². The normalized spacial score (nSPS) is 15.4. The van der Waals surface area contributed by atoms with Crippen LogP contribution in [0, 0.1) is 10.1 Å². The molecule has 1 aliphatic rings. The molecular formula is C22H14Cl2N4O2. The highest BCUT2D eigenvalue weighted by Gasteiger charge is 2.27. The van der Waals surface area contributed by atoms with E-state index in [-0.39, 0.29) is 16.8 Å². The van der Waals surface area contributed by atoms with Crippen LogP contribution in [0.5, 0.6) is 0 Å². The molecule has 30 heavy (non-hydrogen) atoms. The summed E-state index contributed by atoms with van der Waals surface area (Å²) in [6.45, 7) is 0. The van der Waals surface area contributed by atoms with Crippen molar-refractivity contribution in [2.45, 2.75) is 6.04 Å². The first-order chi connectivity index (χ1) is 14.5. The summed E-state index contributed by atoms with van der Waals surface area (Å²) in [4.78, 5) is 15.7. The van der Waals surface area contributed by atoms with E-state index in [2.05, 4.69) is 5.32 Å². The van der Waals surface area contributed by atoms with Gasteiger partial charge >= 0.3 is 0 Å². The lowest BCUT2D eigenvalue weighted by molar-refractivity contribution is -0.384. The minimum Gasteiger partial charge on any atom is -0.325 e. The van der Waals surface area contributed by atoms with Gasteiger partial charge in [-0.2, -0.15) is 0 Å². The molecule has 148 valence electrons. The van der Waals surface area contributed by atoms with Gasteiger partial charge < -0.3 is 5.32 Å². The van der Waals surface area contributed by atoms with Crippen molar-refractivity contribution in [2.24, 2.45) is 0 Å². The van der Waals surface area contributed by atoms with Crippen LogP contribution in [0.3, 0.4) is 0 Å². The van der Waals surface area contributed by atoms with E-state index in [1.54, 1.807) is 12.1 Å². The summed E-state index contributed by atoms with van der Waals surface area (Å²) in [5.41, 5.74) is 4.15. The Bertz CT molecular complexity index is 1330. The van der Waals surface area contributed by atoms with Crippen LogP contribution in [-0.2, 0) is 0 Å². The zero-order valence-corrected chi connectivity index (χ0v) is 16.9. The number of nitro benzene ring substituents is 1. The zero-order chi connectivity index (χ0) is 20.8. The van der Waals surface area contributed by atoms with E-state index >= 15 is 0 Å². The van der Waals surface area contributed by atoms with Gasteiger partial charge in [0.25, 0.3) is 5.69 Å². The van der Waals surface area contributed by atoms with Gasteiger partial charge in [-0.25, -0.2) is 4.98 Å². The maximum atomic E-state index is 11.4.